The predicted molar refractivity (Wildman–Crippen MR) is 76.7 cm³/mol. The molecule has 4 heteroatoms. The number of hydrogen-bond donors (Lipinski definition) is 1. The summed E-state index contributed by atoms with van der Waals surface area (Å²) in [6.45, 7) is 9.97. The van der Waals surface area contributed by atoms with Crippen LogP contribution in [0.3, 0.4) is 0 Å². The van der Waals surface area contributed by atoms with Gasteiger partial charge in [0, 0.05) is 19.1 Å². The summed E-state index contributed by atoms with van der Waals surface area (Å²) in [5.74, 6) is 1.62. The fourth-order valence-corrected chi connectivity index (χ4v) is 3.05. The van der Waals surface area contributed by atoms with Gasteiger partial charge in [0.2, 0.25) is 0 Å². The molecule has 0 radical (unpaired) electrons. The second kappa shape index (κ2) is 6.41. The first kappa shape index (κ1) is 13.7. The van der Waals surface area contributed by atoms with Gasteiger partial charge in [-0.3, -0.25) is 9.89 Å². The minimum Gasteiger partial charge on any atom is -0.370 e. The fraction of sp³-hybridized carbons (Fsp3) is 0.929. The molecule has 2 N–H and O–H groups in total. The van der Waals surface area contributed by atoms with Crippen molar-refractivity contribution in [2.45, 2.75) is 45.6 Å². The number of guanidine groups is 1. The molecule has 0 bridgehead atoms. The highest BCUT2D eigenvalue weighted by Gasteiger charge is 2.23. The molecule has 2 fully saturated rings. The summed E-state index contributed by atoms with van der Waals surface area (Å²) in [6, 6.07) is 0.622. The quantitative estimate of drug-likeness (QED) is 0.612. The van der Waals surface area contributed by atoms with Gasteiger partial charge < -0.3 is 10.6 Å². The normalized spacial score (nSPS) is 28.0. The van der Waals surface area contributed by atoms with Gasteiger partial charge in [-0.05, 0) is 44.7 Å². The third kappa shape index (κ3) is 3.37. The van der Waals surface area contributed by atoms with Crippen LogP contribution in [0.25, 0.3) is 0 Å². The van der Waals surface area contributed by atoms with E-state index in [1.807, 2.05) is 0 Å². The van der Waals surface area contributed by atoms with Gasteiger partial charge in [0.15, 0.2) is 5.96 Å². The van der Waals surface area contributed by atoms with E-state index in [4.69, 9.17) is 5.73 Å². The largest absolute Gasteiger partial charge is 0.370 e. The molecule has 0 spiro atoms. The minimum atomic E-state index is 0.622. The SMILES string of the molecule is CCN1CCCC1CN=C(N)N1CCC(C)CC1. The van der Waals surface area contributed by atoms with E-state index in [0.29, 0.717) is 6.04 Å². The lowest BCUT2D eigenvalue weighted by atomic mass is 10.00. The van der Waals surface area contributed by atoms with Crippen molar-refractivity contribution < 1.29 is 0 Å². The molecule has 0 saturated carbocycles. The van der Waals surface area contributed by atoms with Crippen LogP contribution in [0, 0.1) is 5.92 Å². The van der Waals surface area contributed by atoms with E-state index in [1.165, 1.54) is 32.2 Å². The van der Waals surface area contributed by atoms with Crippen LogP contribution in [0.4, 0.5) is 0 Å². The Bertz CT molecular complexity index is 282. The van der Waals surface area contributed by atoms with Crippen molar-refractivity contribution in [1.29, 1.82) is 0 Å². The Balaban J connectivity index is 1.81. The second-order valence-electron chi connectivity index (χ2n) is 5.79. The van der Waals surface area contributed by atoms with E-state index in [1.54, 1.807) is 0 Å². The van der Waals surface area contributed by atoms with E-state index in [9.17, 15) is 0 Å². The third-order valence-corrected chi connectivity index (χ3v) is 4.48. The van der Waals surface area contributed by atoms with Gasteiger partial charge in [-0.15, -0.1) is 0 Å². The van der Waals surface area contributed by atoms with Gasteiger partial charge in [-0.25, -0.2) is 0 Å². The van der Waals surface area contributed by atoms with E-state index < -0.39 is 0 Å². The van der Waals surface area contributed by atoms with Crippen molar-refractivity contribution in [1.82, 2.24) is 9.80 Å². The summed E-state index contributed by atoms with van der Waals surface area (Å²) in [4.78, 5) is 9.41. The Morgan fingerprint density at radius 1 is 1.22 bits per heavy atom. The number of hydrogen-bond acceptors (Lipinski definition) is 2. The monoisotopic (exact) mass is 252 g/mol. The molecular formula is C14H28N4. The highest BCUT2D eigenvalue weighted by Crippen LogP contribution is 2.18. The number of likely N-dealkylation sites (tertiary alicyclic amines) is 2. The van der Waals surface area contributed by atoms with Crippen molar-refractivity contribution in [3.63, 3.8) is 0 Å². The zero-order chi connectivity index (χ0) is 13.0. The summed E-state index contributed by atoms with van der Waals surface area (Å²) in [5, 5.41) is 0. The second-order valence-corrected chi connectivity index (χ2v) is 5.79. The van der Waals surface area contributed by atoms with Crippen molar-refractivity contribution >= 4 is 5.96 Å². The van der Waals surface area contributed by atoms with Crippen molar-refractivity contribution in [3.8, 4) is 0 Å². The lowest BCUT2D eigenvalue weighted by molar-refractivity contribution is 0.265. The Hall–Kier alpha value is -0.770. The van der Waals surface area contributed by atoms with Crippen molar-refractivity contribution in [2.75, 3.05) is 32.7 Å². The predicted octanol–water partition coefficient (Wildman–Crippen LogP) is 1.52. The molecular weight excluding hydrogens is 224 g/mol. The van der Waals surface area contributed by atoms with E-state index in [2.05, 4.69) is 28.6 Å². The number of piperidine rings is 1. The first-order chi connectivity index (χ1) is 8.70. The number of likely N-dealkylation sites (N-methyl/N-ethyl adjacent to an activating group) is 1. The van der Waals surface area contributed by atoms with Crippen LogP contribution >= 0.6 is 0 Å². The first-order valence-corrected chi connectivity index (χ1v) is 7.49. The van der Waals surface area contributed by atoms with Gasteiger partial charge in [0.1, 0.15) is 0 Å². The summed E-state index contributed by atoms with van der Waals surface area (Å²) >= 11 is 0. The highest BCUT2D eigenvalue weighted by molar-refractivity contribution is 5.78. The van der Waals surface area contributed by atoms with Crippen LogP contribution in [0.1, 0.15) is 39.5 Å². The summed E-state index contributed by atoms with van der Waals surface area (Å²) < 4.78 is 0. The van der Waals surface area contributed by atoms with E-state index in [0.717, 1.165) is 38.1 Å². The molecule has 0 aromatic rings. The molecule has 0 aliphatic carbocycles. The Labute approximate surface area is 111 Å². The maximum Gasteiger partial charge on any atom is 0.191 e. The summed E-state index contributed by atoms with van der Waals surface area (Å²) in [7, 11) is 0. The van der Waals surface area contributed by atoms with Crippen molar-refractivity contribution in [2.24, 2.45) is 16.6 Å². The van der Waals surface area contributed by atoms with Gasteiger partial charge in [-0.1, -0.05) is 13.8 Å². The lowest BCUT2D eigenvalue weighted by Crippen LogP contribution is -2.43. The Morgan fingerprint density at radius 2 is 1.94 bits per heavy atom. The highest BCUT2D eigenvalue weighted by atomic mass is 15.3. The number of nitrogens with two attached hydrogens (primary N) is 1. The molecule has 2 aliphatic rings. The molecule has 0 aromatic heterocycles. The zero-order valence-electron chi connectivity index (χ0n) is 11.9. The average Bonchev–Trinajstić information content (AvgIpc) is 2.84. The maximum absolute atomic E-state index is 6.12. The molecule has 0 amide bonds. The molecule has 18 heavy (non-hydrogen) atoms. The van der Waals surface area contributed by atoms with Gasteiger partial charge >= 0.3 is 0 Å². The molecule has 2 heterocycles. The minimum absolute atomic E-state index is 0.622. The maximum atomic E-state index is 6.12. The van der Waals surface area contributed by atoms with E-state index >= 15 is 0 Å². The number of nitrogens with zero attached hydrogens (tertiary/aromatic N) is 3. The van der Waals surface area contributed by atoms with Crippen LogP contribution in [0.2, 0.25) is 0 Å². The molecule has 2 rings (SSSR count). The molecule has 0 aromatic carbocycles. The summed E-state index contributed by atoms with van der Waals surface area (Å²) in [6.07, 6.45) is 5.10. The summed E-state index contributed by atoms with van der Waals surface area (Å²) in [5.41, 5.74) is 6.12. The molecule has 4 nitrogen and oxygen atoms in total. The van der Waals surface area contributed by atoms with Crippen LogP contribution in [-0.4, -0.2) is 54.5 Å². The Morgan fingerprint density at radius 3 is 2.61 bits per heavy atom. The molecule has 1 atom stereocenters. The van der Waals surface area contributed by atoms with Gasteiger partial charge in [-0.2, -0.15) is 0 Å². The van der Waals surface area contributed by atoms with Crippen LogP contribution in [-0.2, 0) is 0 Å². The number of rotatable bonds is 3. The topological polar surface area (TPSA) is 44.9 Å². The fourth-order valence-electron chi connectivity index (χ4n) is 3.05. The Kier molecular flexibility index (Phi) is 4.87. The molecule has 2 aliphatic heterocycles. The average molecular weight is 252 g/mol. The standard InChI is InChI=1S/C14H28N4/c1-3-17-8-4-5-13(17)11-16-14(15)18-9-6-12(2)7-10-18/h12-13H,3-11H2,1-2H3,(H2,15,16). The smallest absolute Gasteiger partial charge is 0.191 e. The number of aliphatic imine (C=N–C) groups is 1. The third-order valence-electron chi connectivity index (χ3n) is 4.48. The van der Waals surface area contributed by atoms with Crippen LogP contribution in [0.5, 0.6) is 0 Å². The van der Waals surface area contributed by atoms with Crippen LogP contribution < -0.4 is 5.73 Å². The lowest BCUT2D eigenvalue weighted by Gasteiger charge is -2.31. The zero-order valence-corrected chi connectivity index (χ0v) is 11.9. The van der Waals surface area contributed by atoms with E-state index in [-0.39, 0.29) is 0 Å². The first-order valence-electron chi connectivity index (χ1n) is 7.49. The van der Waals surface area contributed by atoms with Gasteiger partial charge in [0.05, 0.1) is 6.54 Å². The van der Waals surface area contributed by atoms with Crippen LogP contribution in [0.15, 0.2) is 4.99 Å². The molecule has 2 saturated heterocycles. The molecule has 1 unspecified atom stereocenters. The van der Waals surface area contributed by atoms with Gasteiger partial charge in [0.25, 0.3) is 0 Å². The molecule has 104 valence electrons. The van der Waals surface area contributed by atoms with Crippen molar-refractivity contribution in [3.05, 3.63) is 0 Å².